The third kappa shape index (κ3) is 4.25. The molecule has 1 aromatic rings. The highest BCUT2D eigenvalue weighted by Crippen LogP contribution is 2.31. The largest absolute Gasteiger partial charge is 0.450 e. The van der Waals surface area contributed by atoms with E-state index in [0.717, 1.165) is 12.1 Å². The van der Waals surface area contributed by atoms with E-state index in [1.54, 1.807) is 0 Å². The fourth-order valence-corrected chi connectivity index (χ4v) is 1.36. The van der Waals surface area contributed by atoms with Gasteiger partial charge in [-0.2, -0.15) is 13.2 Å². The van der Waals surface area contributed by atoms with Gasteiger partial charge in [-0.25, -0.2) is 4.79 Å². The number of nitrogens with two attached hydrogens (primary N) is 1. The van der Waals surface area contributed by atoms with E-state index in [-0.39, 0.29) is 18.6 Å². The summed E-state index contributed by atoms with van der Waals surface area (Å²) >= 11 is 0. The summed E-state index contributed by atoms with van der Waals surface area (Å²) in [5.74, 6) is 0. The molecule has 0 fully saturated rings. The molecule has 4 nitrogen and oxygen atoms in total. The fraction of sp³-hybridized carbons (Fsp3) is 0.364. The van der Waals surface area contributed by atoms with Crippen molar-refractivity contribution in [1.29, 1.82) is 0 Å². The lowest BCUT2D eigenvalue weighted by molar-refractivity contribution is -0.137. The molecule has 0 aliphatic rings. The number of hydrogen-bond acceptors (Lipinski definition) is 3. The number of hydrogen-bond donors (Lipinski definition) is 2. The Labute approximate surface area is 101 Å². The standard InChI is InChI=1S/C11H12F3NO3/c12-11(13,14)8-3-1-2-7(6-8)9(16)4-5-18-10(15)17/h1-3,6,9,16H,4-5H2,(H2,15,17)/t9-/m0/s1. The van der Waals surface area contributed by atoms with Crippen LogP contribution in [0.5, 0.6) is 0 Å². The molecule has 0 heterocycles. The Bertz CT molecular complexity index is 420. The van der Waals surface area contributed by atoms with Crippen LogP contribution in [0.4, 0.5) is 18.0 Å². The van der Waals surface area contributed by atoms with Crippen LogP contribution < -0.4 is 5.73 Å². The summed E-state index contributed by atoms with van der Waals surface area (Å²) in [4.78, 5) is 10.3. The minimum absolute atomic E-state index is 0.0236. The fourth-order valence-electron chi connectivity index (χ4n) is 1.36. The SMILES string of the molecule is NC(=O)OCC[C@H](O)c1cccc(C(F)(F)F)c1. The molecule has 0 saturated carbocycles. The number of alkyl halides is 3. The van der Waals surface area contributed by atoms with E-state index in [4.69, 9.17) is 5.73 Å². The average Bonchev–Trinajstić information content (AvgIpc) is 2.27. The molecule has 7 heteroatoms. The van der Waals surface area contributed by atoms with Crippen molar-refractivity contribution in [1.82, 2.24) is 0 Å². The first-order valence-electron chi connectivity index (χ1n) is 5.08. The topological polar surface area (TPSA) is 72.6 Å². The summed E-state index contributed by atoms with van der Waals surface area (Å²) in [6.07, 6.45) is -6.62. The molecule has 0 aliphatic carbocycles. The minimum Gasteiger partial charge on any atom is -0.450 e. The number of carbonyl (C=O) groups excluding carboxylic acids is 1. The van der Waals surface area contributed by atoms with E-state index in [1.807, 2.05) is 0 Å². The zero-order valence-corrected chi connectivity index (χ0v) is 9.28. The molecule has 0 unspecified atom stereocenters. The number of primary amides is 1. The lowest BCUT2D eigenvalue weighted by atomic mass is 10.0. The Morgan fingerprint density at radius 3 is 2.67 bits per heavy atom. The minimum atomic E-state index is -4.46. The van der Waals surface area contributed by atoms with Crippen LogP contribution in [0.2, 0.25) is 0 Å². The van der Waals surface area contributed by atoms with Gasteiger partial charge in [-0.05, 0) is 17.7 Å². The summed E-state index contributed by atoms with van der Waals surface area (Å²) in [5.41, 5.74) is 3.98. The van der Waals surface area contributed by atoms with Crippen LogP contribution in [0, 0.1) is 0 Å². The van der Waals surface area contributed by atoms with Crippen molar-refractivity contribution < 1.29 is 27.8 Å². The quantitative estimate of drug-likeness (QED) is 0.874. The van der Waals surface area contributed by atoms with Gasteiger partial charge in [-0.1, -0.05) is 12.1 Å². The molecular formula is C11H12F3NO3. The monoisotopic (exact) mass is 263 g/mol. The molecule has 0 bridgehead atoms. The van der Waals surface area contributed by atoms with Gasteiger partial charge >= 0.3 is 12.3 Å². The zero-order valence-electron chi connectivity index (χ0n) is 9.28. The van der Waals surface area contributed by atoms with E-state index < -0.39 is 23.9 Å². The second kappa shape index (κ2) is 5.72. The number of aliphatic hydroxyl groups excluding tert-OH is 1. The number of aliphatic hydroxyl groups is 1. The molecule has 1 rings (SSSR count). The van der Waals surface area contributed by atoms with E-state index in [1.165, 1.54) is 12.1 Å². The number of ether oxygens (including phenoxy) is 1. The van der Waals surface area contributed by atoms with Crippen LogP contribution in [0.25, 0.3) is 0 Å². The summed E-state index contributed by atoms with van der Waals surface area (Å²) in [6, 6.07) is 4.34. The van der Waals surface area contributed by atoms with Gasteiger partial charge in [-0.3, -0.25) is 0 Å². The maximum absolute atomic E-state index is 12.4. The molecule has 0 spiro atoms. The predicted octanol–water partition coefficient (Wildman–Crippen LogP) is 2.22. The van der Waals surface area contributed by atoms with E-state index in [0.29, 0.717) is 0 Å². The molecule has 3 N–H and O–H groups in total. The van der Waals surface area contributed by atoms with Crippen LogP contribution in [0.15, 0.2) is 24.3 Å². The number of carbonyl (C=O) groups is 1. The molecule has 0 aliphatic heterocycles. The highest BCUT2D eigenvalue weighted by atomic mass is 19.4. The van der Waals surface area contributed by atoms with Gasteiger partial charge in [0.1, 0.15) is 0 Å². The Kier molecular flexibility index (Phi) is 4.55. The number of halogens is 3. The number of amides is 1. The van der Waals surface area contributed by atoms with Crippen molar-refractivity contribution in [2.24, 2.45) is 5.73 Å². The molecule has 100 valence electrons. The van der Waals surface area contributed by atoms with Crippen molar-refractivity contribution in [2.75, 3.05) is 6.61 Å². The Hall–Kier alpha value is -1.76. The van der Waals surface area contributed by atoms with Crippen molar-refractivity contribution >= 4 is 6.09 Å². The predicted molar refractivity (Wildman–Crippen MR) is 56.6 cm³/mol. The highest BCUT2D eigenvalue weighted by Gasteiger charge is 2.30. The first kappa shape index (κ1) is 14.3. The van der Waals surface area contributed by atoms with Gasteiger partial charge in [0.15, 0.2) is 0 Å². The van der Waals surface area contributed by atoms with Crippen LogP contribution >= 0.6 is 0 Å². The van der Waals surface area contributed by atoms with E-state index >= 15 is 0 Å². The van der Waals surface area contributed by atoms with Crippen molar-refractivity contribution in [2.45, 2.75) is 18.7 Å². The molecule has 0 saturated heterocycles. The van der Waals surface area contributed by atoms with Gasteiger partial charge in [0.2, 0.25) is 0 Å². The third-order valence-corrected chi connectivity index (χ3v) is 2.23. The van der Waals surface area contributed by atoms with E-state index in [9.17, 15) is 23.1 Å². The molecule has 0 aromatic heterocycles. The molecule has 1 amide bonds. The number of rotatable bonds is 4. The average molecular weight is 263 g/mol. The van der Waals surface area contributed by atoms with Crippen molar-refractivity contribution in [3.63, 3.8) is 0 Å². The second-order valence-corrected chi connectivity index (χ2v) is 3.60. The first-order chi connectivity index (χ1) is 8.30. The Morgan fingerprint density at radius 1 is 1.44 bits per heavy atom. The van der Waals surface area contributed by atoms with Crippen LogP contribution in [-0.2, 0) is 10.9 Å². The van der Waals surface area contributed by atoms with E-state index in [2.05, 4.69) is 4.74 Å². The maximum atomic E-state index is 12.4. The van der Waals surface area contributed by atoms with Crippen molar-refractivity contribution in [3.05, 3.63) is 35.4 Å². The van der Waals surface area contributed by atoms with Gasteiger partial charge in [-0.15, -0.1) is 0 Å². The summed E-state index contributed by atoms with van der Waals surface area (Å²) in [5, 5.41) is 9.62. The smallest absolute Gasteiger partial charge is 0.416 e. The molecule has 18 heavy (non-hydrogen) atoms. The Balaban J connectivity index is 2.68. The lowest BCUT2D eigenvalue weighted by Gasteiger charge is -2.13. The number of benzene rings is 1. The molecular weight excluding hydrogens is 251 g/mol. The van der Waals surface area contributed by atoms with Gasteiger partial charge in [0.05, 0.1) is 18.3 Å². The Morgan fingerprint density at radius 2 is 2.11 bits per heavy atom. The van der Waals surface area contributed by atoms with Gasteiger partial charge < -0.3 is 15.6 Å². The normalized spacial score (nSPS) is 13.1. The van der Waals surface area contributed by atoms with Crippen LogP contribution in [-0.4, -0.2) is 17.8 Å². The molecule has 1 aromatic carbocycles. The molecule has 1 atom stereocenters. The van der Waals surface area contributed by atoms with Crippen LogP contribution in [0.1, 0.15) is 23.7 Å². The van der Waals surface area contributed by atoms with Gasteiger partial charge in [0.25, 0.3) is 0 Å². The first-order valence-corrected chi connectivity index (χ1v) is 5.08. The van der Waals surface area contributed by atoms with Crippen molar-refractivity contribution in [3.8, 4) is 0 Å². The summed E-state index contributed by atoms with van der Waals surface area (Å²) in [7, 11) is 0. The summed E-state index contributed by atoms with van der Waals surface area (Å²) in [6.45, 7) is -0.160. The second-order valence-electron chi connectivity index (χ2n) is 3.60. The molecule has 0 radical (unpaired) electrons. The van der Waals surface area contributed by atoms with Gasteiger partial charge in [0, 0.05) is 6.42 Å². The summed E-state index contributed by atoms with van der Waals surface area (Å²) < 4.78 is 41.7. The lowest BCUT2D eigenvalue weighted by Crippen LogP contribution is -2.15. The maximum Gasteiger partial charge on any atom is 0.416 e. The highest BCUT2D eigenvalue weighted by molar-refractivity contribution is 5.64. The third-order valence-electron chi connectivity index (χ3n) is 2.23. The zero-order chi connectivity index (χ0) is 13.8. The van der Waals surface area contributed by atoms with Crippen LogP contribution in [0.3, 0.4) is 0 Å².